The molecular weight excluding hydrogens is 228 g/mol. The first-order valence-corrected chi connectivity index (χ1v) is 6.11. The number of anilines is 2. The van der Waals surface area contributed by atoms with Crippen LogP contribution in [0.3, 0.4) is 0 Å². The number of benzene rings is 1. The largest absolute Gasteiger partial charge is 0.378 e. The third-order valence-corrected chi connectivity index (χ3v) is 3.17. The summed E-state index contributed by atoms with van der Waals surface area (Å²) in [5.41, 5.74) is 8.13. The maximum Gasteiger partial charge on any atom is 0.195 e. The van der Waals surface area contributed by atoms with Crippen LogP contribution in [0.15, 0.2) is 29.3 Å². The zero-order chi connectivity index (χ0) is 13.0. The minimum atomic E-state index is 0.510. The van der Waals surface area contributed by atoms with Gasteiger partial charge in [0.1, 0.15) is 0 Å². The Balaban J connectivity index is 2.30. The molecule has 1 heterocycles. The van der Waals surface area contributed by atoms with E-state index in [0.29, 0.717) is 5.96 Å². The lowest BCUT2D eigenvalue weighted by atomic mass is 10.2. The summed E-state index contributed by atoms with van der Waals surface area (Å²) >= 11 is 0. The van der Waals surface area contributed by atoms with Crippen molar-refractivity contribution in [2.24, 2.45) is 10.7 Å². The molecule has 2 rings (SSSR count). The molecule has 18 heavy (non-hydrogen) atoms. The summed E-state index contributed by atoms with van der Waals surface area (Å²) in [7, 11) is 3.63. The Bertz CT molecular complexity index is 427. The zero-order valence-electron chi connectivity index (χ0n) is 11.0. The maximum absolute atomic E-state index is 5.88. The van der Waals surface area contributed by atoms with Crippen molar-refractivity contribution in [3.63, 3.8) is 0 Å². The van der Waals surface area contributed by atoms with E-state index in [0.717, 1.165) is 32.0 Å². The Morgan fingerprint density at radius 2 is 2.00 bits per heavy atom. The molecule has 2 N–H and O–H groups in total. The summed E-state index contributed by atoms with van der Waals surface area (Å²) in [5, 5.41) is 0. The number of rotatable bonds is 2. The minimum absolute atomic E-state index is 0.510. The van der Waals surface area contributed by atoms with Crippen molar-refractivity contribution >= 4 is 17.3 Å². The molecule has 0 unspecified atom stereocenters. The van der Waals surface area contributed by atoms with E-state index in [1.165, 1.54) is 5.69 Å². The number of hydrogen-bond donors (Lipinski definition) is 1. The van der Waals surface area contributed by atoms with Gasteiger partial charge in [-0.2, -0.15) is 0 Å². The molecule has 5 nitrogen and oxygen atoms in total. The van der Waals surface area contributed by atoms with E-state index in [1.54, 1.807) is 7.05 Å². The fraction of sp³-hybridized carbons (Fsp3) is 0.462. The number of guanidine groups is 1. The monoisotopic (exact) mass is 248 g/mol. The lowest BCUT2D eigenvalue weighted by Gasteiger charge is -2.32. The van der Waals surface area contributed by atoms with Gasteiger partial charge in [-0.05, 0) is 12.1 Å². The number of ether oxygens (including phenoxy) is 1. The molecular formula is C13H20N4O. The summed E-state index contributed by atoms with van der Waals surface area (Å²) in [4.78, 5) is 8.25. The highest BCUT2D eigenvalue weighted by molar-refractivity contribution is 5.97. The smallest absolute Gasteiger partial charge is 0.195 e. The quantitative estimate of drug-likeness (QED) is 0.624. The normalized spacial score (nSPS) is 16.8. The van der Waals surface area contributed by atoms with Crippen LogP contribution in [-0.4, -0.2) is 46.4 Å². The van der Waals surface area contributed by atoms with Crippen molar-refractivity contribution in [1.29, 1.82) is 0 Å². The first-order chi connectivity index (χ1) is 8.74. The van der Waals surface area contributed by atoms with Crippen molar-refractivity contribution in [3.05, 3.63) is 24.3 Å². The highest BCUT2D eigenvalue weighted by Gasteiger charge is 2.17. The molecule has 5 heteroatoms. The van der Waals surface area contributed by atoms with Crippen molar-refractivity contribution in [2.75, 3.05) is 50.2 Å². The number of morpholine rings is 1. The number of para-hydroxylation sites is 2. The fourth-order valence-electron chi connectivity index (χ4n) is 2.09. The molecule has 0 bridgehead atoms. The average molecular weight is 248 g/mol. The maximum atomic E-state index is 5.88. The van der Waals surface area contributed by atoms with E-state index < -0.39 is 0 Å². The van der Waals surface area contributed by atoms with Gasteiger partial charge < -0.3 is 20.3 Å². The molecule has 1 saturated heterocycles. The molecule has 0 spiro atoms. The Hall–Kier alpha value is -1.75. The average Bonchev–Trinajstić information content (AvgIpc) is 2.46. The van der Waals surface area contributed by atoms with E-state index in [4.69, 9.17) is 10.5 Å². The van der Waals surface area contributed by atoms with Gasteiger partial charge in [0, 0.05) is 27.2 Å². The molecule has 0 saturated carbocycles. The second kappa shape index (κ2) is 5.73. The van der Waals surface area contributed by atoms with Crippen LogP contribution in [0, 0.1) is 0 Å². The van der Waals surface area contributed by atoms with Gasteiger partial charge in [0.15, 0.2) is 5.96 Å². The number of hydrogen-bond acceptors (Lipinski definition) is 3. The molecule has 0 amide bonds. The first-order valence-electron chi connectivity index (χ1n) is 6.11. The molecule has 0 aromatic heterocycles. The standard InChI is InChI=1S/C13H20N4O/c1-15-13(14)16(2)11-5-3-4-6-12(11)17-7-9-18-10-8-17/h3-6H,7-10H2,1-2H3,(H2,14,15). The van der Waals surface area contributed by atoms with Crippen LogP contribution < -0.4 is 15.5 Å². The van der Waals surface area contributed by atoms with Gasteiger partial charge in [-0.1, -0.05) is 12.1 Å². The predicted molar refractivity (Wildman–Crippen MR) is 75.4 cm³/mol. The molecule has 1 aromatic rings. The van der Waals surface area contributed by atoms with Crippen molar-refractivity contribution in [2.45, 2.75) is 0 Å². The third-order valence-electron chi connectivity index (χ3n) is 3.17. The van der Waals surface area contributed by atoms with E-state index in [9.17, 15) is 0 Å². The molecule has 0 aliphatic carbocycles. The van der Waals surface area contributed by atoms with Crippen LogP contribution in [0.1, 0.15) is 0 Å². The SMILES string of the molecule is CN=C(N)N(C)c1ccccc1N1CCOCC1. The summed E-state index contributed by atoms with van der Waals surface area (Å²) in [5.74, 6) is 0.510. The highest BCUT2D eigenvalue weighted by atomic mass is 16.5. The van der Waals surface area contributed by atoms with Gasteiger partial charge in [-0.15, -0.1) is 0 Å². The van der Waals surface area contributed by atoms with Crippen molar-refractivity contribution in [3.8, 4) is 0 Å². The van der Waals surface area contributed by atoms with Gasteiger partial charge >= 0.3 is 0 Å². The van der Waals surface area contributed by atoms with Gasteiger partial charge in [0.05, 0.1) is 24.6 Å². The minimum Gasteiger partial charge on any atom is -0.378 e. The second-order valence-corrected chi connectivity index (χ2v) is 4.23. The molecule has 1 fully saturated rings. The van der Waals surface area contributed by atoms with Gasteiger partial charge in [0.25, 0.3) is 0 Å². The summed E-state index contributed by atoms with van der Waals surface area (Å²) in [6.07, 6.45) is 0. The molecule has 1 aliphatic heterocycles. The Kier molecular flexibility index (Phi) is 4.04. The summed E-state index contributed by atoms with van der Waals surface area (Å²) in [6.45, 7) is 3.37. The van der Waals surface area contributed by atoms with Crippen molar-refractivity contribution in [1.82, 2.24) is 0 Å². The van der Waals surface area contributed by atoms with E-state index in [1.807, 2.05) is 24.1 Å². The highest BCUT2D eigenvalue weighted by Crippen LogP contribution is 2.28. The summed E-state index contributed by atoms with van der Waals surface area (Å²) < 4.78 is 5.39. The molecule has 0 radical (unpaired) electrons. The van der Waals surface area contributed by atoms with Crippen molar-refractivity contribution < 1.29 is 4.74 Å². The Morgan fingerprint density at radius 3 is 2.67 bits per heavy atom. The number of aliphatic imine (C=N–C) groups is 1. The summed E-state index contributed by atoms with van der Waals surface area (Å²) in [6, 6.07) is 8.23. The molecule has 98 valence electrons. The predicted octanol–water partition coefficient (Wildman–Crippen LogP) is 0.904. The Morgan fingerprint density at radius 1 is 1.33 bits per heavy atom. The van der Waals surface area contributed by atoms with E-state index >= 15 is 0 Å². The topological polar surface area (TPSA) is 54.1 Å². The van der Waals surface area contributed by atoms with Crippen LogP contribution in [0.4, 0.5) is 11.4 Å². The molecule has 1 aliphatic rings. The lowest BCUT2D eigenvalue weighted by Crippen LogP contribution is -2.39. The molecule has 1 aromatic carbocycles. The van der Waals surface area contributed by atoms with Crippen LogP contribution >= 0.6 is 0 Å². The van der Waals surface area contributed by atoms with Crippen LogP contribution in [-0.2, 0) is 4.74 Å². The Labute approximate surface area is 108 Å². The van der Waals surface area contributed by atoms with Crippen LogP contribution in [0.2, 0.25) is 0 Å². The number of nitrogens with zero attached hydrogens (tertiary/aromatic N) is 3. The second-order valence-electron chi connectivity index (χ2n) is 4.23. The fourth-order valence-corrected chi connectivity index (χ4v) is 2.09. The van der Waals surface area contributed by atoms with Crippen LogP contribution in [0.25, 0.3) is 0 Å². The van der Waals surface area contributed by atoms with Crippen LogP contribution in [0.5, 0.6) is 0 Å². The van der Waals surface area contributed by atoms with Gasteiger partial charge in [-0.25, -0.2) is 0 Å². The van der Waals surface area contributed by atoms with E-state index in [-0.39, 0.29) is 0 Å². The van der Waals surface area contributed by atoms with E-state index in [2.05, 4.69) is 22.0 Å². The third kappa shape index (κ3) is 2.56. The van der Waals surface area contributed by atoms with Gasteiger partial charge in [0.2, 0.25) is 0 Å². The van der Waals surface area contributed by atoms with Gasteiger partial charge in [-0.3, -0.25) is 4.99 Å². The first kappa shape index (κ1) is 12.7. The lowest BCUT2D eigenvalue weighted by molar-refractivity contribution is 0.123. The zero-order valence-corrected chi connectivity index (χ0v) is 11.0. The number of nitrogens with two attached hydrogens (primary N) is 1. The molecule has 0 atom stereocenters.